The van der Waals surface area contributed by atoms with Crippen LogP contribution >= 0.6 is 0 Å². The molecule has 12 heavy (non-hydrogen) atoms. The largest absolute Gasteiger partial charge is 0.366 e. The fourth-order valence-electron chi connectivity index (χ4n) is 2.14. The van der Waals surface area contributed by atoms with Crippen LogP contribution in [0.4, 0.5) is 0 Å². The first kappa shape index (κ1) is 8.05. The predicted molar refractivity (Wildman–Crippen MR) is 44.7 cm³/mol. The quantitative estimate of drug-likeness (QED) is 0.627. The molecule has 0 bridgehead atoms. The second kappa shape index (κ2) is 3.44. The summed E-state index contributed by atoms with van der Waals surface area (Å²) in [6, 6.07) is 0. The van der Waals surface area contributed by atoms with Gasteiger partial charge in [-0.2, -0.15) is 0 Å². The second-order valence-corrected chi connectivity index (χ2v) is 3.70. The maximum atomic E-state index is 10.8. The van der Waals surface area contributed by atoms with Crippen molar-refractivity contribution in [2.24, 2.45) is 5.92 Å². The maximum Gasteiger partial charge on any atom is 0.246 e. The molecule has 0 aromatic rings. The van der Waals surface area contributed by atoms with Gasteiger partial charge in [0.15, 0.2) is 0 Å². The van der Waals surface area contributed by atoms with E-state index >= 15 is 0 Å². The Morgan fingerprint density at radius 1 is 1.33 bits per heavy atom. The first-order valence-electron chi connectivity index (χ1n) is 4.74. The zero-order valence-electron chi connectivity index (χ0n) is 7.21. The predicted octanol–water partition coefficient (Wildman–Crippen LogP) is 0.692. The van der Waals surface area contributed by atoms with Crippen LogP contribution in [0, 0.1) is 5.92 Å². The molecule has 0 radical (unpaired) electrons. The first-order chi connectivity index (χ1) is 5.86. The molecular formula is C9H15NO2. The fourth-order valence-corrected chi connectivity index (χ4v) is 2.14. The van der Waals surface area contributed by atoms with E-state index in [1.54, 1.807) is 0 Å². The van der Waals surface area contributed by atoms with Crippen molar-refractivity contribution in [3.05, 3.63) is 0 Å². The lowest BCUT2D eigenvalue weighted by atomic mass is 10.00. The van der Waals surface area contributed by atoms with Crippen molar-refractivity contribution in [1.29, 1.82) is 0 Å². The zero-order chi connectivity index (χ0) is 8.39. The molecule has 2 rings (SSSR count). The van der Waals surface area contributed by atoms with Crippen LogP contribution in [-0.2, 0) is 9.53 Å². The number of nitrogens with one attached hydrogen (secondary N) is 1. The summed E-state index contributed by atoms with van der Waals surface area (Å²) in [6.07, 6.45) is 5.52. The lowest BCUT2D eigenvalue weighted by Crippen LogP contribution is -2.45. The van der Waals surface area contributed by atoms with Crippen LogP contribution in [0.3, 0.4) is 0 Å². The van der Waals surface area contributed by atoms with Crippen molar-refractivity contribution >= 4 is 5.91 Å². The molecule has 0 aromatic carbocycles. The number of rotatable bonds is 1. The first-order valence-corrected chi connectivity index (χ1v) is 4.74. The Hall–Kier alpha value is -0.570. The van der Waals surface area contributed by atoms with Crippen LogP contribution in [0.25, 0.3) is 0 Å². The molecule has 1 saturated carbocycles. The fraction of sp³-hybridized carbons (Fsp3) is 0.889. The van der Waals surface area contributed by atoms with Gasteiger partial charge in [-0.1, -0.05) is 12.8 Å². The van der Waals surface area contributed by atoms with Crippen molar-refractivity contribution in [2.75, 3.05) is 13.2 Å². The average molecular weight is 169 g/mol. The summed E-state index contributed by atoms with van der Waals surface area (Å²) < 4.78 is 5.46. The number of hydrogen-bond acceptors (Lipinski definition) is 2. The molecular weight excluding hydrogens is 154 g/mol. The third-order valence-electron chi connectivity index (χ3n) is 2.85. The van der Waals surface area contributed by atoms with Gasteiger partial charge in [0.1, 0.15) is 6.61 Å². The van der Waals surface area contributed by atoms with Crippen LogP contribution in [0.2, 0.25) is 0 Å². The molecule has 1 amide bonds. The molecule has 1 saturated heterocycles. The third-order valence-corrected chi connectivity index (χ3v) is 2.85. The molecule has 1 unspecified atom stereocenters. The van der Waals surface area contributed by atoms with E-state index in [1.165, 1.54) is 25.7 Å². The van der Waals surface area contributed by atoms with Crippen LogP contribution in [0.5, 0.6) is 0 Å². The Bertz CT molecular complexity index is 165. The van der Waals surface area contributed by atoms with E-state index in [-0.39, 0.29) is 12.5 Å². The number of ether oxygens (including phenoxy) is 1. The molecule has 0 aromatic heterocycles. The highest BCUT2D eigenvalue weighted by atomic mass is 16.5. The van der Waals surface area contributed by atoms with Gasteiger partial charge < -0.3 is 10.1 Å². The van der Waals surface area contributed by atoms with Gasteiger partial charge in [-0.15, -0.1) is 0 Å². The van der Waals surface area contributed by atoms with E-state index in [4.69, 9.17) is 4.74 Å². The Morgan fingerprint density at radius 3 is 2.67 bits per heavy atom. The van der Waals surface area contributed by atoms with Crippen molar-refractivity contribution < 1.29 is 9.53 Å². The highest BCUT2D eigenvalue weighted by Gasteiger charge is 2.28. The van der Waals surface area contributed by atoms with Crippen molar-refractivity contribution in [3.63, 3.8) is 0 Å². The standard InChI is InChI=1S/C9H15NO2/c11-9-6-12-8(5-10-9)7-3-1-2-4-7/h7-8H,1-6H2,(H,10,11). The molecule has 0 spiro atoms. The summed E-state index contributed by atoms with van der Waals surface area (Å²) in [5, 5.41) is 2.85. The van der Waals surface area contributed by atoms with E-state index in [9.17, 15) is 4.79 Å². The molecule has 68 valence electrons. The maximum absolute atomic E-state index is 10.8. The van der Waals surface area contributed by atoms with Crippen molar-refractivity contribution in [3.8, 4) is 0 Å². The Balaban J connectivity index is 1.84. The highest BCUT2D eigenvalue weighted by molar-refractivity contribution is 5.77. The Kier molecular flexibility index (Phi) is 2.30. The molecule has 1 aliphatic heterocycles. The van der Waals surface area contributed by atoms with Gasteiger partial charge in [0.25, 0.3) is 0 Å². The van der Waals surface area contributed by atoms with Gasteiger partial charge in [-0.3, -0.25) is 4.79 Å². The normalized spacial score (nSPS) is 32.0. The van der Waals surface area contributed by atoms with E-state index < -0.39 is 0 Å². The number of hydrogen-bond donors (Lipinski definition) is 1. The smallest absolute Gasteiger partial charge is 0.246 e. The summed E-state index contributed by atoms with van der Waals surface area (Å²) in [4.78, 5) is 10.8. The molecule has 1 N–H and O–H groups in total. The van der Waals surface area contributed by atoms with Crippen LogP contribution in [-0.4, -0.2) is 25.2 Å². The topological polar surface area (TPSA) is 38.3 Å². The summed E-state index contributed by atoms with van der Waals surface area (Å²) >= 11 is 0. The number of carbonyl (C=O) groups excluding carboxylic acids is 1. The molecule has 2 aliphatic rings. The van der Waals surface area contributed by atoms with Gasteiger partial charge in [0.2, 0.25) is 5.91 Å². The zero-order valence-corrected chi connectivity index (χ0v) is 7.21. The summed E-state index contributed by atoms with van der Waals surface area (Å²) in [7, 11) is 0. The number of morpholine rings is 1. The Labute approximate surface area is 72.5 Å². The minimum Gasteiger partial charge on any atom is -0.366 e. The molecule has 1 aliphatic carbocycles. The SMILES string of the molecule is O=C1COC(C2CCCC2)CN1. The highest BCUT2D eigenvalue weighted by Crippen LogP contribution is 2.29. The Morgan fingerprint density at radius 2 is 2.08 bits per heavy atom. The van der Waals surface area contributed by atoms with Crippen molar-refractivity contribution in [2.45, 2.75) is 31.8 Å². The molecule has 1 atom stereocenters. The molecule has 3 nitrogen and oxygen atoms in total. The van der Waals surface area contributed by atoms with E-state index in [0.29, 0.717) is 12.0 Å². The lowest BCUT2D eigenvalue weighted by Gasteiger charge is -2.27. The van der Waals surface area contributed by atoms with E-state index in [2.05, 4.69) is 5.32 Å². The van der Waals surface area contributed by atoms with E-state index in [0.717, 1.165) is 6.54 Å². The molecule has 2 fully saturated rings. The van der Waals surface area contributed by atoms with Crippen LogP contribution in [0.1, 0.15) is 25.7 Å². The van der Waals surface area contributed by atoms with Gasteiger partial charge in [-0.05, 0) is 18.8 Å². The summed E-state index contributed by atoms with van der Waals surface area (Å²) in [6.45, 7) is 0.991. The molecule has 3 heteroatoms. The van der Waals surface area contributed by atoms with Gasteiger partial charge >= 0.3 is 0 Å². The van der Waals surface area contributed by atoms with Crippen molar-refractivity contribution in [1.82, 2.24) is 5.32 Å². The number of carbonyl (C=O) groups is 1. The summed E-state index contributed by atoms with van der Waals surface area (Å²) in [5.41, 5.74) is 0. The lowest BCUT2D eigenvalue weighted by molar-refractivity contribution is -0.135. The average Bonchev–Trinajstić information content (AvgIpc) is 2.58. The minimum absolute atomic E-state index is 0.0317. The van der Waals surface area contributed by atoms with Gasteiger partial charge in [0, 0.05) is 6.54 Å². The molecule has 1 heterocycles. The van der Waals surface area contributed by atoms with E-state index in [1.807, 2.05) is 0 Å². The third kappa shape index (κ3) is 1.61. The summed E-state index contributed by atoms with van der Waals surface area (Å²) in [5.74, 6) is 0.731. The second-order valence-electron chi connectivity index (χ2n) is 3.70. The van der Waals surface area contributed by atoms with Gasteiger partial charge in [0.05, 0.1) is 6.10 Å². The van der Waals surface area contributed by atoms with Crippen LogP contribution in [0.15, 0.2) is 0 Å². The van der Waals surface area contributed by atoms with Gasteiger partial charge in [-0.25, -0.2) is 0 Å². The minimum atomic E-state index is 0.0317. The monoisotopic (exact) mass is 169 g/mol. The number of amides is 1. The van der Waals surface area contributed by atoms with Crippen LogP contribution < -0.4 is 5.32 Å².